The summed E-state index contributed by atoms with van der Waals surface area (Å²) in [6.07, 6.45) is 1.64. The van der Waals surface area contributed by atoms with E-state index in [2.05, 4.69) is 10.4 Å². The Kier molecular flexibility index (Phi) is 1.62. The molecule has 0 fully saturated rings. The molecule has 0 atom stereocenters. The van der Waals surface area contributed by atoms with Crippen LogP contribution in [-0.4, -0.2) is 4.98 Å². The van der Waals surface area contributed by atoms with Crippen molar-refractivity contribution in [3.05, 3.63) is 22.5 Å². The van der Waals surface area contributed by atoms with E-state index in [1.807, 2.05) is 12.3 Å². The van der Waals surface area contributed by atoms with Crippen molar-refractivity contribution >= 4 is 17.4 Å². The molecule has 0 saturated carbocycles. The van der Waals surface area contributed by atoms with Crippen molar-refractivity contribution in [2.45, 2.75) is 6.92 Å². The first-order valence-electron chi connectivity index (χ1n) is 3.52. The van der Waals surface area contributed by atoms with Crippen LogP contribution in [0, 0.1) is 6.92 Å². The van der Waals surface area contributed by atoms with Crippen molar-refractivity contribution in [1.82, 2.24) is 4.98 Å². The quantitative estimate of drug-likeness (QED) is 0.732. The van der Waals surface area contributed by atoms with Gasteiger partial charge in [0.2, 0.25) is 0 Å². The number of rotatable bonds is 1. The minimum Gasteiger partial charge on any atom is -0.424 e. The van der Waals surface area contributed by atoms with Crippen LogP contribution in [0.1, 0.15) is 5.56 Å². The summed E-state index contributed by atoms with van der Waals surface area (Å²) in [5, 5.41) is 4.09. The van der Waals surface area contributed by atoms with Gasteiger partial charge in [-0.1, -0.05) is 0 Å². The third-order valence-electron chi connectivity index (χ3n) is 1.64. The first kappa shape index (κ1) is 7.36. The van der Waals surface area contributed by atoms with Gasteiger partial charge in [-0.2, -0.15) is 11.3 Å². The summed E-state index contributed by atoms with van der Waals surface area (Å²) in [4.78, 5) is 3.83. The highest BCUT2D eigenvalue weighted by molar-refractivity contribution is 7.08. The van der Waals surface area contributed by atoms with Gasteiger partial charge in [-0.15, -0.1) is 0 Å². The van der Waals surface area contributed by atoms with Crippen molar-refractivity contribution in [3.63, 3.8) is 0 Å². The Bertz CT molecular complexity index is 391. The number of oxazole rings is 1. The van der Waals surface area contributed by atoms with Gasteiger partial charge in [0, 0.05) is 10.9 Å². The van der Waals surface area contributed by atoms with E-state index in [4.69, 9.17) is 10.2 Å². The van der Waals surface area contributed by atoms with Gasteiger partial charge < -0.3 is 10.2 Å². The zero-order chi connectivity index (χ0) is 8.55. The molecule has 0 spiro atoms. The van der Waals surface area contributed by atoms with Gasteiger partial charge in [0.25, 0.3) is 6.01 Å². The molecule has 0 unspecified atom stereocenters. The molecule has 4 heteroatoms. The van der Waals surface area contributed by atoms with E-state index in [1.165, 1.54) is 5.56 Å². The van der Waals surface area contributed by atoms with Gasteiger partial charge >= 0.3 is 0 Å². The second kappa shape index (κ2) is 2.64. The SMILES string of the molecule is Cc1cscc1-c1cnc(N)o1. The minimum atomic E-state index is 0.218. The van der Waals surface area contributed by atoms with Crippen LogP contribution in [0.3, 0.4) is 0 Å². The fourth-order valence-electron chi connectivity index (χ4n) is 1.03. The third-order valence-corrected chi connectivity index (χ3v) is 2.51. The highest BCUT2D eigenvalue weighted by Gasteiger charge is 2.06. The summed E-state index contributed by atoms with van der Waals surface area (Å²) in [7, 11) is 0. The summed E-state index contributed by atoms with van der Waals surface area (Å²) < 4.78 is 5.18. The second-order valence-electron chi connectivity index (χ2n) is 2.53. The summed E-state index contributed by atoms with van der Waals surface area (Å²) >= 11 is 1.64. The molecule has 2 N–H and O–H groups in total. The maximum absolute atomic E-state index is 5.36. The van der Waals surface area contributed by atoms with Gasteiger partial charge in [0.1, 0.15) is 0 Å². The minimum absolute atomic E-state index is 0.218. The van der Waals surface area contributed by atoms with Crippen LogP contribution in [-0.2, 0) is 0 Å². The molecule has 0 aliphatic carbocycles. The molecule has 62 valence electrons. The molecular weight excluding hydrogens is 172 g/mol. The molecule has 0 aliphatic rings. The number of nitrogens with zero attached hydrogens (tertiary/aromatic N) is 1. The second-order valence-corrected chi connectivity index (χ2v) is 3.27. The topological polar surface area (TPSA) is 52.0 Å². The van der Waals surface area contributed by atoms with Gasteiger partial charge in [-0.25, -0.2) is 4.98 Å². The molecular formula is C8H8N2OS. The lowest BCUT2D eigenvalue weighted by Gasteiger charge is -1.91. The van der Waals surface area contributed by atoms with Gasteiger partial charge in [-0.05, 0) is 17.9 Å². The van der Waals surface area contributed by atoms with Crippen molar-refractivity contribution in [3.8, 4) is 11.3 Å². The van der Waals surface area contributed by atoms with E-state index < -0.39 is 0 Å². The van der Waals surface area contributed by atoms with E-state index in [9.17, 15) is 0 Å². The van der Waals surface area contributed by atoms with E-state index >= 15 is 0 Å². The molecule has 0 aliphatic heterocycles. The molecule has 2 heterocycles. The Morgan fingerprint density at radius 2 is 2.33 bits per heavy atom. The highest BCUT2D eigenvalue weighted by atomic mass is 32.1. The number of thiophene rings is 1. The van der Waals surface area contributed by atoms with Gasteiger partial charge in [0.05, 0.1) is 6.20 Å². The average molecular weight is 180 g/mol. The Hall–Kier alpha value is -1.29. The van der Waals surface area contributed by atoms with E-state index in [0.29, 0.717) is 0 Å². The summed E-state index contributed by atoms with van der Waals surface area (Å²) in [5.74, 6) is 0.742. The van der Waals surface area contributed by atoms with Crippen LogP contribution in [0.4, 0.5) is 6.01 Å². The number of hydrogen-bond donors (Lipinski definition) is 1. The predicted octanol–water partition coefficient (Wildman–Crippen LogP) is 2.29. The van der Waals surface area contributed by atoms with Crippen LogP contribution in [0.25, 0.3) is 11.3 Å². The maximum Gasteiger partial charge on any atom is 0.292 e. The number of aromatic nitrogens is 1. The number of anilines is 1. The van der Waals surface area contributed by atoms with Crippen LogP contribution < -0.4 is 5.73 Å². The van der Waals surface area contributed by atoms with E-state index in [1.54, 1.807) is 17.5 Å². The summed E-state index contributed by atoms with van der Waals surface area (Å²) in [5.41, 5.74) is 7.62. The lowest BCUT2D eigenvalue weighted by atomic mass is 10.2. The fraction of sp³-hybridized carbons (Fsp3) is 0.125. The molecule has 0 aromatic carbocycles. The smallest absolute Gasteiger partial charge is 0.292 e. The largest absolute Gasteiger partial charge is 0.424 e. The first-order valence-corrected chi connectivity index (χ1v) is 4.46. The zero-order valence-corrected chi connectivity index (χ0v) is 7.39. The van der Waals surface area contributed by atoms with Gasteiger partial charge in [-0.3, -0.25) is 0 Å². The number of nitrogens with two attached hydrogens (primary N) is 1. The predicted molar refractivity (Wildman–Crippen MR) is 49.0 cm³/mol. The highest BCUT2D eigenvalue weighted by Crippen LogP contribution is 2.27. The Morgan fingerprint density at radius 3 is 2.83 bits per heavy atom. The Labute approximate surface area is 73.8 Å². The molecule has 0 saturated heterocycles. The lowest BCUT2D eigenvalue weighted by Crippen LogP contribution is -1.79. The van der Waals surface area contributed by atoms with Crippen LogP contribution in [0.5, 0.6) is 0 Å². The Morgan fingerprint density at radius 1 is 1.50 bits per heavy atom. The van der Waals surface area contributed by atoms with Crippen LogP contribution in [0.15, 0.2) is 21.4 Å². The fourth-order valence-corrected chi connectivity index (χ4v) is 1.86. The average Bonchev–Trinajstić information content (AvgIpc) is 2.58. The molecule has 0 bridgehead atoms. The zero-order valence-electron chi connectivity index (χ0n) is 6.57. The summed E-state index contributed by atoms with van der Waals surface area (Å²) in [6.45, 7) is 2.03. The van der Waals surface area contributed by atoms with Crippen molar-refractivity contribution < 1.29 is 4.42 Å². The maximum atomic E-state index is 5.36. The van der Waals surface area contributed by atoms with E-state index in [-0.39, 0.29) is 6.01 Å². The molecule has 2 aromatic heterocycles. The standard InChI is InChI=1S/C8H8N2OS/c1-5-3-12-4-6(5)7-2-10-8(9)11-7/h2-4H,1H3,(H2,9,10). The number of hydrogen-bond acceptors (Lipinski definition) is 4. The van der Waals surface area contributed by atoms with Gasteiger partial charge in [0.15, 0.2) is 5.76 Å². The molecule has 12 heavy (non-hydrogen) atoms. The molecule has 0 amide bonds. The van der Waals surface area contributed by atoms with Crippen LogP contribution in [0.2, 0.25) is 0 Å². The molecule has 2 aromatic rings. The van der Waals surface area contributed by atoms with Crippen LogP contribution >= 0.6 is 11.3 Å². The molecule has 3 nitrogen and oxygen atoms in total. The lowest BCUT2D eigenvalue weighted by molar-refractivity contribution is 0.595. The number of aryl methyl sites for hydroxylation is 1. The monoisotopic (exact) mass is 180 g/mol. The molecule has 0 radical (unpaired) electrons. The Balaban J connectivity index is 2.50. The van der Waals surface area contributed by atoms with Crippen molar-refractivity contribution in [2.24, 2.45) is 0 Å². The first-order chi connectivity index (χ1) is 5.77. The van der Waals surface area contributed by atoms with Crippen molar-refractivity contribution in [1.29, 1.82) is 0 Å². The summed E-state index contributed by atoms with van der Waals surface area (Å²) in [6, 6.07) is 0.218. The van der Waals surface area contributed by atoms with Crippen molar-refractivity contribution in [2.75, 3.05) is 5.73 Å². The third kappa shape index (κ3) is 1.10. The van der Waals surface area contributed by atoms with E-state index in [0.717, 1.165) is 11.3 Å². The normalized spacial score (nSPS) is 10.4. The molecule has 2 rings (SSSR count). The number of nitrogen functional groups attached to an aromatic ring is 1.